The van der Waals surface area contributed by atoms with Gasteiger partial charge in [-0.2, -0.15) is 0 Å². The normalized spacial score (nSPS) is 10.5. The van der Waals surface area contributed by atoms with E-state index in [-0.39, 0.29) is 22.0 Å². The van der Waals surface area contributed by atoms with Gasteiger partial charge in [0, 0.05) is 10.9 Å². The third kappa shape index (κ3) is 3.50. The predicted octanol–water partition coefficient (Wildman–Crippen LogP) is 4.36. The average molecular weight is 376 g/mol. The Kier molecular flexibility index (Phi) is 5.13. The fourth-order valence-electron chi connectivity index (χ4n) is 2.38. The molecule has 0 unspecified atom stereocenters. The number of halogens is 2. The molecule has 134 valence electrons. The summed E-state index contributed by atoms with van der Waals surface area (Å²) in [6, 6.07) is 8.03. The maximum Gasteiger partial charge on any atom is 0.261 e. The topological polar surface area (TPSA) is 60.5 Å². The van der Waals surface area contributed by atoms with E-state index in [2.05, 4.69) is 10.3 Å². The van der Waals surface area contributed by atoms with Crippen LogP contribution < -0.4 is 14.8 Å². The summed E-state index contributed by atoms with van der Waals surface area (Å²) in [5.74, 6) is -0.909. The van der Waals surface area contributed by atoms with Crippen molar-refractivity contribution in [1.82, 2.24) is 4.98 Å². The average Bonchev–Trinajstić information content (AvgIpc) is 3.11. The maximum atomic E-state index is 13.9. The van der Waals surface area contributed by atoms with Crippen molar-refractivity contribution in [1.29, 1.82) is 0 Å². The van der Waals surface area contributed by atoms with Crippen LogP contribution in [0.15, 0.2) is 41.8 Å². The summed E-state index contributed by atoms with van der Waals surface area (Å²) in [5.41, 5.74) is 0.529. The number of para-hydroxylation sites is 1. The zero-order valence-electron chi connectivity index (χ0n) is 13.9. The second-order valence-corrected chi connectivity index (χ2v) is 6.02. The number of hydrogen-bond donors (Lipinski definition) is 1. The second kappa shape index (κ2) is 7.49. The van der Waals surface area contributed by atoms with Crippen LogP contribution >= 0.6 is 11.3 Å². The van der Waals surface area contributed by atoms with Gasteiger partial charge in [-0.25, -0.2) is 13.8 Å². The van der Waals surface area contributed by atoms with Gasteiger partial charge in [0.2, 0.25) is 0 Å². The summed E-state index contributed by atoms with van der Waals surface area (Å²) in [6.45, 7) is 0. The molecule has 3 aromatic rings. The molecular formula is C18H14F2N2O3S. The summed E-state index contributed by atoms with van der Waals surface area (Å²) in [7, 11) is 2.91. The Hall–Kier alpha value is -3.00. The van der Waals surface area contributed by atoms with Crippen LogP contribution in [0.2, 0.25) is 0 Å². The quantitative estimate of drug-likeness (QED) is 0.719. The molecular weight excluding hydrogens is 362 g/mol. The first-order valence-electron chi connectivity index (χ1n) is 7.46. The maximum absolute atomic E-state index is 13.9. The smallest absolute Gasteiger partial charge is 0.261 e. The number of benzene rings is 2. The number of hydrogen-bond acceptors (Lipinski definition) is 5. The summed E-state index contributed by atoms with van der Waals surface area (Å²) in [6.07, 6.45) is 0. The van der Waals surface area contributed by atoms with Gasteiger partial charge in [-0.05, 0) is 30.3 Å². The van der Waals surface area contributed by atoms with E-state index >= 15 is 0 Å². The van der Waals surface area contributed by atoms with Crippen LogP contribution in [0.5, 0.6) is 11.5 Å². The first kappa shape index (κ1) is 17.8. The standard InChI is InChI=1S/C18H14F2N2O3S/c1-24-15-5-3-4-11(16(15)25-2)17(23)22-18-21-14(9-26-18)12-8-10(19)6-7-13(12)20/h3-9H,1-2H3,(H,21,22,23). The lowest BCUT2D eigenvalue weighted by molar-refractivity contribution is 0.102. The van der Waals surface area contributed by atoms with Crippen LogP contribution in [0, 0.1) is 11.6 Å². The molecule has 0 aliphatic rings. The second-order valence-electron chi connectivity index (χ2n) is 5.16. The number of nitrogens with zero attached hydrogens (tertiary/aromatic N) is 1. The summed E-state index contributed by atoms with van der Waals surface area (Å²) >= 11 is 1.10. The fraction of sp³-hybridized carbons (Fsp3) is 0.111. The number of ether oxygens (including phenoxy) is 2. The Morgan fingerprint density at radius 2 is 1.96 bits per heavy atom. The lowest BCUT2D eigenvalue weighted by Crippen LogP contribution is -2.13. The van der Waals surface area contributed by atoms with Crippen LogP contribution in [0.4, 0.5) is 13.9 Å². The zero-order chi connectivity index (χ0) is 18.7. The van der Waals surface area contributed by atoms with Gasteiger partial charge in [-0.1, -0.05) is 6.07 Å². The van der Waals surface area contributed by atoms with Crippen molar-refractivity contribution in [2.45, 2.75) is 0 Å². The molecule has 0 saturated heterocycles. The minimum absolute atomic E-state index is 0.0284. The molecule has 0 atom stereocenters. The largest absolute Gasteiger partial charge is 0.493 e. The van der Waals surface area contributed by atoms with E-state index < -0.39 is 17.5 Å². The molecule has 5 nitrogen and oxygen atoms in total. The molecule has 0 bridgehead atoms. The number of amides is 1. The van der Waals surface area contributed by atoms with Crippen molar-refractivity contribution in [3.05, 3.63) is 59.0 Å². The lowest BCUT2D eigenvalue weighted by atomic mass is 10.1. The minimum atomic E-state index is -0.593. The van der Waals surface area contributed by atoms with E-state index in [1.165, 1.54) is 19.6 Å². The highest BCUT2D eigenvalue weighted by Gasteiger charge is 2.18. The van der Waals surface area contributed by atoms with Gasteiger partial charge in [-0.15, -0.1) is 11.3 Å². The van der Waals surface area contributed by atoms with Crippen LogP contribution in [-0.2, 0) is 0 Å². The number of carbonyl (C=O) groups is 1. The van der Waals surface area contributed by atoms with Gasteiger partial charge >= 0.3 is 0 Å². The predicted molar refractivity (Wildman–Crippen MR) is 95.0 cm³/mol. The van der Waals surface area contributed by atoms with Crippen LogP contribution in [0.1, 0.15) is 10.4 Å². The van der Waals surface area contributed by atoms with E-state index in [0.717, 1.165) is 29.5 Å². The fourth-order valence-corrected chi connectivity index (χ4v) is 3.08. The van der Waals surface area contributed by atoms with E-state index in [1.807, 2.05) is 0 Å². The van der Waals surface area contributed by atoms with Crippen molar-refractivity contribution in [3.63, 3.8) is 0 Å². The van der Waals surface area contributed by atoms with Crippen molar-refractivity contribution >= 4 is 22.4 Å². The van der Waals surface area contributed by atoms with E-state index in [9.17, 15) is 13.6 Å². The van der Waals surface area contributed by atoms with Gasteiger partial charge in [-0.3, -0.25) is 10.1 Å². The third-order valence-corrected chi connectivity index (χ3v) is 4.33. The number of aromatic nitrogens is 1. The highest BCUT2D eigenvalue weighted by Crippen LogP contribution is 2.32. The summed E-state index contributed by atoms with van der Waals surface area (Å²) < 4.78 is 37.6. The number of carbonyl (C=O) groups excluding carboxylic acids is 1. The Morgan fingerprint density at radius 1 is 1.15 bits per heavy atom. The molecule has 1 aromatic heterocycles. The Bertz CT molecular complexity index is 959. The number of anilines is 1. The summed E-state index contributed by atoms with van der Waals surface area (Å²) in [5, 5.41) is 4.41. The van der Waals surface area contributed by atoms with Gasteiger partial charge in [0.15, 0.2) is 16.6 Å². The zero-order valence-corrected chi connectivity index (χ0v) is 14.7. The monoisotopic (exact) mass is 376 g/mol. The molecule has 0 aliphatic heterocycles. The highest BCUT2D eigenvalue weighted by atomic mass is 32.1. The van der Waals surface area contributed by atoms with Crippen LogP contribution in [-0.4, -0.2) is 25.1 Å². The number of thiazole rings is 1. The van der Waals surface area contributed by atoms with Gasteiger partial charge in [0.05, 0.1) is 25.5 Å². The molecule has 0 fully saturated rings. The number of nitrogens with one attached hydrogen (secondary N) is 1. The molecule has 0 saturated carbocycles. The molecule has 1 heterocycles. The first-order chi connectivity index (χ1) is 12.5. The highest BCUT2D eigenvalue weighted by molar-refractivity contribution is 7.14. The Morgan fingerprint density at radius 3 is 2.69 bits per heavy atom. The Labute approximate surface area is 152 Å². The van der Waals surface area contributed by atoms with E-state index in [1.54, 1.807) is 18.2 Å². The number of methoxy groups -OCH3 is 2. The SMILES string of the molecule is COc1cccc(C(=O)Nc2nc(-c3cc(F)ccc3F)cs2)c1OC. The molecule has 8 heteroatoms. The Balaban J connectivity index is 1.86. The van der Waals surface area contributed by atoms with Crippen LogP contribution in [0.25, 0.3) is 11.3 Å². The molecule has 3 rings (SSSR count). The van der Waals surface area contributed by atoms with Gasteiger partial charge in [0.1, 0.15) is 11.6 Å². The first-order valence-corrected chi connectivity index (χ1v) is 8.34. The van der Waals surface area contributed by atoms with E-state index in [4.69, 9.17) is 9.47 Å². The number of rotatable bonds is 5. The van der Waals surface area contributed by atoms with Crippen molar-refractivity contribution < 1.29 is 23.0 Å². The van der Waals surface area contributed by atoms with Gasteiger partial charge < -0.3 is 9.47 Å². The lowest BCUT2D eigenvalue weighted by Gasteiger charge is -2.11. The van der Waals surface area contributed by atoms with Crippen molar-refractivity contribution in [2.24, 2.45) is 0 Å². The van der Waals surface area contributed by atoms with Crippen molar-refractivity contribution in [2.75, 3.05) is 19.5 Å². The molecule has 26 heavy (non-hydrogen) atoms. The van der Waals surface area contributed by atoms with Gasteiger partial charge in [0.25, 0.3) is 5.91 Å². The van der Waals surface area contributed by atoms with Crippen molar-refractivity contribution in [3.8, 4) is 22.8 Å². The molecule has 1 amide bonds. The summed E-state index contributed by atoms with van der Waals surface area (Å²) in [4.78, 5) is 16.7. The molecule has 0 aliphatic carbocycles. The molecule has 0 spiro atoms. The minimum Gasteiger partial charge on any atom is -0.493 e. The molecule has 2 aromatic carbocycles. The van der Waals surface area contributed by atoms with Crippen LogP contribution in [0.3, 0.4) is 0 Å². The van der Waals surface area contributed by atoms with E-state index in [0.29, 0.717) is 11.5 Å². The third-order valence-electron chi connectivity index (χ3n) is 3.58. The molecule has 1 N–H and O–H groups in total. The molecule has 0 radical (unpaired) electrons.